The van der Waals surface area contributed by atoms with Crippen molar-refractivity contribution in [1.82, 2.24) is 4.90 Å². The van der Waals surface area contributed by atoms with E-state index in [9.17, 15) is 9.59 Å². The van der Waals surface area contributed by atoms with Crippen LogP contribution in [0, 0.1) is 5.92 Å². The highest BCUT2D eigenvalue weighted by Crippen LogP contribution is 2.29. The Morgan fingerprint density at radius 2 is 1.58 bits per heavy atom. The summed E-state index contributed by atoms with van der Waals surface area (Å²) in [5.74, 6) is 0.687. The molecule has 0 N–H and O–H groups in total. The van der Waals surface area contributed by atoms with E-state index in [0.717, 1.165) is 38.0 Å². The highest BCUT2D eigenvalue weighted by molar-refractivity contribution is 6.08. The van der Waals surface area contributed by atoms with Crippen LogP contribution in [0.25, 0.3) is 0 Å². The Balaban J connectivity index is 1.54. The fraction of sp³-hybridized carbons (Fsp3) is 0.364. The molecular formula is C22H24N2O2. The number of piperidine rings is 1. The average Bonchev–Trinajstić information content (AvgIpc) is 3.12. The number of amides is 2. The van der Waals surface area contributed by atoms with E-state index in [4.69, 9.17) is 0 Å². The number of hydrogen-bond donors (Lipinski definition) is 0. The van der Waals surface area contributed by atoms with Crippen LogP contribution in [0.2, 0.25) is 0 Å². The molecule has 1 saturated heterocycles. The number of likely N-dealkylation sites (tertiary alicyclic amines) is 1. The van der Waals surface area contributed by atoms with Gasteiger partial charge < -0.3 is 9.80 Å². The van der Waals surface area contributed by atoms with Crippen LogP contribution in [-0.2, 0) is 6.42 Å². The second-order valence-electron chi connectivity index (χ2n) is 7.39. The molecule has 4 rings (SSSR count). The van der Waals surface area contributed by atoms with Crippen molar-refractivity contribution in [2.24, 2.45) is 5.92 Å². The van der Waals surface area contributed by atoms with Crippen LogP contribution in [0.1, 0.15) is 46.0 Å². The van der Waals surface area contributed by atoms with Gasteiger partial charge in [-0.3, -0.25) is 9.59 Å². The maximum atomic E-state index is 13.0. The van der Waals surface area contributed by atoms with E-state index in [0.29, 0.717) is 23.6 Å². The molecule has 2 heterocycles. The summed E-state index contributed by atoms with van der Waals surface area (Å²) >= 11 is 0. The van der Waals surface area contributed by atoms with Gasteiger partial charge in [-0.25, -0.2) is 0 Å². The van der Waals surface area contributed by atoms with Gasteiger partial charge in [-0.15, -0.1) is 0 Å². The summed E-state index contributed by atoms with van der Waals surface area (Å²) in [5.41, 5.74) is 3.38. The normalized spacial score (nSPS) is 17.3. The monoisotopic (exact) mass is 348 g/mol. The minimum absolute atomic E-state index is 0.0307. The summed E-state index contributed by atoms with van der Waals surface area (Å²) in [6.45, 7) is 4.53. The summed E-state index contributed by atoms with van der Waals surface area (Å²) in [5, 5.41) is 0. The summed E-state index contributed by atoms with van der Waals surface area (Å²) < 4.78 is 0. The molecule has 4 heteroatoms. The molecule has 2 aromatic carbocycles. The Hall–Kier alpha value is -2.62. The number of nitrogens with zero attached hydrogens (tertiary/aromatic N) is 2. The first-order valence-electron chi connectivity index (χ1n) is 9.42. The Morgan fingerprint density at radius 3 is 2.35 bits per heavy atom. The molecule has 2 aromatic rings. The largest absolute Gasteiger partial charge is 0.339 e. The highest BCUT2D eigenvalue weighted by atomic mass is 16.2. The van der Waals surface area contributed by atoms with E-state index in [1.807, 2.05) is 40.1 Å². The Morgan fingerprint density at radius 1 is 0.885 bits per heavy atom. The first-order valence-corrected chi connectivity index (χ1v) is 9.42. The lowest BCUT2D eigenvalue weighted by molar-refractivity contribution is 0.0697. The van der Waals surface area contributed by atoms with Gasteiger partial charge in [0.2, 0.25) is 0 Å². The number of benzene rings is 2. The molecular weight excluding hydrogens is 324 g/mol. The molecule has 134 valence electrons. The van der Waals surface area contributed by atoms with Gasteiger partial charge in [-0.2, -0.15) is 0 Å². The Kier molecular flexibility index (Phi) is 4.49. The number of anilines is 1. The lowest BCUT2D eigenvalue weighted by atomic mass is 9.98. The van der Waals surface area contributed by atoms with Crippen molar-refractivity contribution in [3.8, 4) is 0 Å². The molecule has 2 aliphatic heterocycles. The minimum Gasteiger partial charge on any atom is -0.339 e. The SMILES string of the molecule is CC1CCN(C(=O)c2cccc(C(=O)N3CCc4ccccc43)c2)CC1. The highest BCUT2D eigenvalue weighted by Gasteiger charge is 2.26. The lowest BCUT2D eigenvalue weighted by Crippen LogP contribution is -2.38. The van der Waals surface area contributed by atoms with E-state index in [1.165, 1.54) is 5.56 Å². The Bertz CT molecular complexity index is 838. The van der Waals surface area contributed by atoms with Crippen LogP contribution in [0.15, 0.2) is 48.5 Å². The second kappa shape index (κ2) is 6.94. The summed E-state index contributed by atoms with van der Waals surface area (Å²) in [4.78, 5) is 29.5. The van der Waals surface area contributed by atoms with Gasteiger partial charge in [0, 0.05) is 36.4 Å². The number of fused-ring (bicyclic) bond motifs is 1. The van der Waals surface area contributed by atoms with E-state index in [1.54, 1.807) is 12.1 Å². The van der Waals surface area contributed by atoms with Crippen molar-refractivity contribution in [2.45, 2.75) is 26.2 Å². The summed E-state index contributed by atoms with van der Waals surface area (Å²) in [6, 6.07) is 15.2. The van der Waals surface area contributed by atoms with E-state index < -0.39 is 0 Å². The molecule has 0 unspecified atom stereocenters. The average molecular weight is 348 g/mol. The quantitative estimate of drug-likeness (QED) is 0.829. The number of carbonyl (C=O) groups is 2. The second-order valence-corrected chi connectivity index (χ2v) is 7.39. The minimum atomic E-state index is -0.0307. The summed E-state index contributed by atoms with van der Waals surface area (Å²) in [7, 11) is 0. The van der Waals surface area contributed by atoms with E-state index in [2.05, 4.69) is 13.0 Å². The first kappa shape index (κ1) is 16.8. The third-order valence-corrected chi connectivity index (χ3v) is 5.56. The molecule has 1 fully saturated rings. The molecule has 0 bridgehead atoms. The Labute approximate surface area is 154 Å². The number of carbonyl (C=O) groups excluding carboxylic acids is 2. The lowest BCUT2D eigenvalue weighted by Gasteiger charge is -2.30. The van der Waals surface area contributed by atoms with Gasteiger partial charge in [0.25, 0.3) is 11.8 Å². The topological polar surface area (TPSA) is 40.6 Å². The van der Waals surface area contributed by atoms with Crippen LogP contribution in [0.4, 0.5) is 5.69 Å². The number of rotatable bonds is 2. The van der Waals surface area contributed by atoms with Crippen LogP contribution >= 0.6 is 0 Å². The fourth-order valence-corrected chi connectivity index (χ4v) is 3.88. The van der Waals surface area contributed by atoms with Crippen molar-refractivity contribution in [3.05, 3.63) is 65.2 Å². The van der Waals surface area contributed by atoms with Crippen LogP contribution < -0.4 is 4.90 Å². The first-order chi connectivity index (χ1) is 12.6. The van der Waals surface area contributed by atoms with Gasteiger partial charge in [0.15, 0.2) is 0 Å². The predicted octanol–water partition coefficient (Wildman–Crippen LogP) is 3.76. The van der Waals surface area contributed by atoms with Crippen molar-refractivity contribution in [1.29, 1.82) is 0 Å². The third kappa shape index (κ3) is 3.12. The predicted molar refractivity (Wildman–Crippen MR) is 103 cm³/mol. The van der Waals surface area contributed by atoms with Gasteiger partial charge >= 0.3 is 0 Å². The number of para-hydroxylation sites is 1. The maximum Gasteiger partial charge on any atom is 0.258 e. The van der Waals surface area contributed by atoms with Gasteiger partial charge in [-0.05, 0) is 55.0 Å². The maximum absolute atomic E-state index is 13.0. The molecule has 0 aliphatic carbocycles. The zero-order valence-corrected chi connectivity index (χ0v) is 15.1. The number of hydrogen-bond acceptors (Lipinski definition) is 2. The molecule has 26 heavy (non-hydrogen) atoms. The van der Waals surface area contributed by atoms with Crippen LogP contribution in [0.3, 0.4) is 0 Å². The molecule has 0 spiro atoms. The van der Waals surface area contributed by atoms with E-state index in [-0.39, 0.29) is 11.8 Å². The fourth-order valence-electron chi connectivity index (χ4n) is 3.88. The van der Waals surface area contributed by atoms with Gasteiger partial charge in [0.1, 0.15) is 0 Å². The smallest absolute Gasteiger partial charge is 0.258 e. The standard InChI is InChI=1S/C22H24N2O2/c1-16-9-12-23(13-10-16)21(25)18-6-4-7-19(15-18)22(26)24-14-11-17-5-2-3-8-20(17)24/h2-8,15-16H,9-14H2,1H3. The molecule has 2 aliphatic rings. The molecule has 0 radical (unpaired) electrons. The molecule has 0 atom stereocenters. The van der Waals surface area contributed by atoms with Crippen molar-refractivity contribution >= 4 is 17.5 Å². The van der Waals surface area contributed by atoms with E-state index >= 15 is 0 Å². The van der Waals surface area contributed by atoms with Crippen molar-refractivity contribution in [2.75, 3.05) is 24.5 Å². The van der Waals surface area contributed by atoms with Gasteiger partial charge in [0.05, 0.1) is 0 Å². The van der Waals surface area contributed by atoms with Crippen LogP contribution in [0.5, 0.6) is 0 Å². The zero-order valence-electron chi connectivity index (χ0n) is 15.1. The van der Waals surface area contributed by atoms with Crippen LogP contribution in [-0.4, -0.2) is 36.3 Å². The van der Waals surface area contributed by atoms with Crippen molar-refractivity contribution < 1.29 is 9.59 Å². The molecule has 0 saturated carbocycles. The zero-order chi connectivity index (χ0) is 18.1. The third-order valence-electron chi connectivity index (χ3n) is 5.56. The summed E-state index contributed by atoms with van der Waals surface area (Å²) in [6.07, 6.45) is 2.98. The molecule has 2 amide bonds. The van der Waals surface area contributed by atoms with Crippen molar-refractivity contribution in [3.63, 3.8) is 0 Å². The van der Waals surface area contributed by atoms with Gasteiger partial charge in [-0.1, -0.05) is 31.2 Å². The molecule has 4 nitrogen and oxygen atoms in total. The molecule has 0 aromatic heterocycles.